The molecule has 0 saturated carbocycles. The maximum Gasteiger partial charge on any atom is 0.228 e. The molecule has 1 aliphatic rings. The van der Waals surface area contributed by atoms with Crippen LogP contribution in [0.5, 0.6) is 11.5 Å². The Morgan fingerprint density at radius 3 is 2.32 bits per heavy atom. The van der Waals surface area contributed by atoms with Crippen molar-refractivity contribution in [2.24, 2.45) is 17.9 Å². The molecule has 0 amide bonds. The number of fused-ring (bicyclic) bond motifs is 5. The number of aryl methyl sites for hydroxylation is 2. The largest absolute Gasteiger partial charge is 0.455 e. The third-order valence-electron chi connectivity index (χ3n) is 7.51. The number of ether oxygens (including phenoxy) is 1. The highest BCUT2D eigenvalue weighted by molar-refractivity contribution is 6.13. The highest BCUT2D eigenvalue weighted by Crippen LogP contribution is 2.53. The third kappa shape index (κ3) is 3.96. The number of aromatic nitrogens is 2. The fourth-order valence-corrected chi connectivity index (χ4v) is 6.10. The van der Waals surface area contributed by atoms with E-state index in [0.29, 0.717) is 0 Å². The Morgan fingerprint density at radius 2 is 1.59 bits per heavy atom. The van der Waals surface area contributed by atoms with Gasteiger partial charge in [0.25, 0.3) is 0 Å². The van der Waals surface area contributed by atoms with Crippen LogP contribution in [-0.4, -0.2) is 4.98 Å². The molecule has 0 spiro atoms. The second-order valence-electron chi connectivity index (χ2n) is 13.3. The Bertz CT molecular complexity index is 1730. The zero-order chi connectivity index (χ0) is 26.3. The summed E-state index contributed by atoms with van der Waals surface area (Å²) in [5.74, 6) is 1.94. The van der Waals surface area contributed by atoms with Crippen molar-refractivity contribution in [2.45, 2.75) is 61.3 Å². The second-order valence-corrected chi connectivity index (χ2v) is 13.3. The summed E-state index contributed by atoms with van der Waals surface area (Å²) in [6, 6.07) is 15.7. The molecule has 0 unspecified atom stereocenters. The van der Waals surface area contributed by atoms with Crippen molar-refractivity contribution in [3.8, 4) is 22.8 Å². The molecular formula is C34H37N2O+. The summed E-state index contributed by atoms with van der Waals surface area (Å²) in [5, 5.41) is 6.03. The zero-order valence-corrected chi connectivity index (χ0v) is 23.4. The first-order valence-electron chi connectivity index (χ1n) is 13.4. The third-order valence-corrected chi connectivity index (χ3v) is 7.51. The zero-order valence-electron chi connectivity index (χ0n) is 23.4. The van der Waals surface area contributed by atoms with E-state index in [4.69, 9.17) is 9.72 Å². The first kappa shape index (κ1) is 23.9. The Balaban J connectivity index is 1.72. The van der Waals surface area contributed by atoms with Crippen LogP contribution >= 0.6 is 0 Å². The highest BCUT2D eigenvalue weighted by Gasteiger charge is 2.35. The summed E-state index contributed by atoms with van der Waals surface area (Å²) < 4.78 is 9.34. The van der Waals surface area contributed by atoms with Crippen molar-refractivity contribution in [3.63, 3.8) is 0 Å². The molecule has 0 N–H and O–H groups in total. The minimum absolute atomic E-state index is 0.0892. The molecule has 0 saturated heterocycles. The molecule has 5 aromatic rings. The number of rotatable bonds is 2. The summed E-state index contributed by atoms with van der Waals surface area (Å²) in [4.78, 5) is 4.88. The van der Waals surface area contributed by atoms with E-state index >= 15 is 0 Å². The molecule has 3 nitrogen and oxygen atoms in total. The lowest BCUT2D eigenvalue weighted by Gasteiger charge is -2.28. The lowest BCUT2D eigenvalue weighted by molar-refractivity contribution is -0.659. The molecule has 0 aliphatic carbocycles. The van der Waals surface area contributed by atoms with Gasteiger partial charge in [-0.3, -0.25) is 4.98 Å². The number of hydrogen-bond acceptors (Lipinski definition) is 2. The molecule has 0 atom stereocenters. The Labute approximate surface area is 220 Å². The molecule has 188 valence electrons. The highest BCUT2D eigenvalue weighted by atomic mass is 16.5. The monoisotopic (exact) mass is 489 g/mol. The molecule has 0 bridgehead atoms. The molecule has 3 heterocycles. The van der Waals surface area contributed by atoms with E-state index in [1.807, 2.05) is 12.3 Å². The van der Waals surface area contributed by atoms with Gasteiger partial charge in [0, 0.05) is 28.6 Å². The predicted octanol–water partition coefficient (Wildman–Crippen LogP) is 8.62. The van der Waals surface area contributed by atoms with Gasteiger partial charge >= 0.3 is 0 Å². The Morgan fingerprint density at radius 1 is 0.838 bits per heavy atom. The summed E-state index contributed by atoms with van der Waals surface area (Å²) >= 11 is 0. The molecule has 0 radical (unpaired) electrons. The van der Waals surface area contributed by atoms with Crippen molar-refractivity contribution < 1.29 is 9.30 Å². The van der Waals surface area contributed by atoms with Crippen molar-refractivity contribution in [1.29, 1.82) is 0 Å². The molecular weight excluding hydrogens is 452 g/mol. The van der Waals surface area contributed by atoms with Crippen LogP contribution in [0.4, 0.5) is 0 Å². The molecule has 1 aliphatic heterocycles. The number of pyridine rings is 2. The first-order valence-corrected chi connectivity index (χ1v) is 13.4. The van der Waals surface area contributed by atoms with Crippen molar-refractivity contribution in [2.75, 3.05) is 0 Å². The van der Waals surface area contributed by atoms with Gasteiger partial charge in [-0.1, -0.05) is 65.8 Å². The van der Waals surface area contributed by atoms with Crippen LogP contribution in [0.3, 0.4) is 0 Å². The van der Waals surface area contributed by atoms with Crippen molar-refractivity contribution in [3.05, 3.63) is 71.5 Å². The minimum Gasteiger partial charge on any atom is -0.455 e. The van der Waals surface area contributed by atoms with Crippen LogP contribution < -0.4 is 9.30 Å². The normalized spacial score (nSPS) is 13.3. The SMILES string of the molecule is Cc1c2c(c(CC(C)(C)C)c3ncccc13)Oc1c3ccc(CC(C)(C)C)cc3cc3cc[n+](C)c-2c13. The molecule has 37 heavy (non-hydrogen) atoms. The second kappa shape index (κ2) is 8.02. The van der Waals surface area contributed by atoms with Crippen LogP contribution in [-0.2, 0) is 19.9 Å². The Hall–Kier alpha value is -3.46. The van der Waals surface area contributed by atoms with Gasteiger partial charge in [-0.2, -0.15) is 0 Å². The van der Waals surface area contributed by atoms with Crippen molar-refractivity contribution in [1.82, 2.24) is 4.98 Å². The van der Waals surface area contributed by atoms with E-state index in [-0.39, 0.29) is 10.8 Å². The first-order chi connectivity index (χ1) is 17.4. The van der Waals surface area contributed by atoms with Crippen LogP contribution in [0.1, 0.15) is 58.2 Å². The van der Waals surface area contributed by atoms with Gasteiger partial charge in [0.2, 0.25) is 5.69 Å². The van der Waals surface area contributed by atoms with Gasteiger partial charge in [0.15, 0.2) is 6.20 Å². The molecule has 3 aromatic carbocycles. The van der Waals surface area contributed by atoms with Crippen molar-refractivity contribution >= 4 is 32.4 Å². The molecule has 0 fully saturated rings. The Kier molecular flexibility index (Phi) is 5.18. The smallest absolute Gasteiger partial charge is 0.228 e. The van der Waals surface area contributed by atoms with Crippen LogP contribution in [0.15, 0.2) is 54.9 Å². The average molecular weight is 490 g/mol. The minimum atomic E-state index is 0.0892. The number of benzene rings is 3. The lowest BCUT2D eigenvalue weighted by atomic mass is 9.82. The van der Waals surface area contributed by atoms with Gasteiger partial charge in [-0.25, -0.2) is 4.57 Å². The van der Waals surface area contributed by atoms with Gasteiger partial charge in [-0.05, 0) is 64.6 Å². The fraction of sp³-hybridized carbons (Fsp3) is 0.353. The topological polar surface area (TPSA) is 26.0 Å². The molecule has 3 heteroatoms. The number of hydrogen-bond donors (Lipinski definition) is 0. The van der Waals surface area contributed by atoms with Crippen LogP contribution in [0.25, 0.3) is 43.7 Å². The standard InChI is InChI=1S/C34H37N2O/c1-20-24-10-9-14-35-29(24)26(19-34(5,6)7)32-27(20)30-28-22(13-15-36(30)8)17-23-16-21(18-33(2,3)4)11-12-25(23)31(28)37-32/h9-17H,18-19H2,1-8H3/q+1. The van der Waals surface area contributed by atoms with E-state index in [2.05, 4.69) is 103 Å². The summed E-state index contributed by atoms with van der Waals surface area (Å²) in [6.45, 7) is 16.0. The summed E-state index contributed by atoms with van der Waals surface area (Å²) in [7, 11) is 2.15. The van der Waals surface area contributed by atoms with E-state index in [1.165, 1.54) is 54.9 Å². The maximum absolute atomic E-state index is 7.07. The molecule has 6 rings (SSSR count). The van der Waals surface area contributed by atoms with Gasteiger partial charge in [0.05, 0.1) is 16.5 Å². The maximum atomic E-state index is 7.07. The van der Waals surface area contributed by atoms with Gasteiger partial charge in [-0.15, -0.1) is 0 Å². The van der Waals surface area contributed by atoms with E-state index in [9.17, 15) is 0 Å². The lowest BCUT2D eigenvalue weighted by Crippen LogP contribution is -2.32. The van der Waals surface area contributed by atoms with E-state index in [1.54, 1.807) is 0 Å². The van der Waals surface area contributed by atoms with Crippen LogP contribution in [0, 0.1) is 17.8 Å². The quantitative estimate of drug-likeness (QED) is 0.180. The fourth-order valence-electron chi connectivity index (χ4n) is 6.10. The molecule has 2 aromatic heterocycles. The van der Waals surface area contributed by atoms with E-state index < -0.39 is 0 Å². The van der Waals surface area contributed by atoms with Gasteiger partial charge in [0.1, 0.15) is 18.5 Å². The predicted molar refractivity (Wildman–Crippen MR) is 154 cm³/mol. The van der Waals surface area contributed by atoms with Gasteiger partial charge < -0.3 is 4.74 Å². The number of nitrogens with zero attached hydrogens (tertiary/aromatic N) is 2. The average Bonchev–Trinajstić information content (AvgIpc) is 2.81. The summed E-state index contributed by atoms with van der Waals surface area (Å²) in [5.41, 5.74) is 7.60. The van der Waals surface area contributed by atoms with E-state index in [0.717, 1.165) is 29.9 Å². The summed E-state index contributed by atoms with van der Waals surface area (Å²) in [6.07, 6.45) is 6.03. The van der Waals surface area contributed by atoms with Crippen LogP contribution in [0.2, 0.25) is 0 Å².